The van der Waals surface area contributed by atoms with Crippen molar-refractivity contribution in [2.45, 2.75) is 25.8 Å². The number of nitrogens with zero attached hydrogens (tertiary/aromatic N) is 1. The van der Waals surface area contributed by atoms with E-state index < -0.39 is 11.5 Å². The fraction of sp³-hybridized carbons (Fsp3) is 0.368. The van der Waals surface area contributed by atoms with E-state index in [2.05, 4.69) is 5.32 Å². The van der Waals surface area contributed by atoms with Crippen molar-refractivity contribution in [3.8, 4) is 5.69 Å². The number of aromatic nitrogens is 1. The van der Waals surface area contributed by atoms with Crippen LogP contribution in [0.1, 0.15) is 28.2 Å². The summed E-state index contributed by atoms with van der Waals surface area (Å²) < 4.78 is 12.2. The van der Waals surface area contributed by atoms with E-state index in [4.69, 9.17) is 9.47 Å². The third kappa shape index (κ3) is 3.05. The molecule has 1 aromatic carbocycles. The number of aryl methyl sites for hydroxylation is 1. The molecule has 1 aliphatic heterocycles. The Labute approximate surface area is 146 Å². The lowest BCUT2D eigenvalue weighted by Gasteiger charge is -2.25. The van der Waals surface area contributed by atoms with Crippen LogP contribution in [-0.4, -0.2) is 42.3 Å². The van der Waals surface area contributed by atoms with Crippen LogP contribution in [0.5, 0.6) is 0 Å². The highest BCUT2D eigenvalue weighted by Gasteiger charge is 2.45. The summed E-state index contributed by atoms with van der Waals surface area (Å²) in [4.78, 5) is 25.0. The molecule has 6 heteroatoms. The average Bonchev–Trinajstić information content (AvgIpc) is 3.20. The number of rotatable bonds is 4. The van der Waals surface area contributed by atoms with Gasteiger partial charge in [-0.15, -0.1) is 0 Å². The molecule has 1 aliphatic rings. The minimum absolute atomic E-state index is 0.128. The van der Waals surface area contributed by atoms with Gasteiger partial charge >= 0.3 is 5.97 Å². The van der Waals surface area contributed by atoms with Gasteiger partial charge < -0.3 is 19.4 Å². The highest BCUT2D eigenvalue weighted by molar-refractivity contribution is 5.99. The molecule has 1 amide bonds. The highest BCUT2D eigenvalue weighted by Crippen LogP contribution is 2.24. The minimum atomic E-state index is -1.11. The largest absolute Gasteiger partial charge is 0.467 e. The molecule has 3 rings (SSSR count). The fourth-order valence-electron chi connectivity index (χ4n) is 3.32. The van der Waals surface area contributed by atoms with Crippen LogP contribution < -0.4 is 5.32 Å². The van der Waals surface area contributed by atoms with Crippen LogP contribution in [0.3, 0.4) is 0 Å². The number of carbonyl (C=O) groups excluding carboxylic acids is 2. The average molecular weight is 342 g/mol. The molecule has 1 fully saturated rings. The van der Waals surface area contributed by atoms with Gasteiger partial charge in [-0.1, -0.05) is 18.2 Å². The first kappa shape index (κ1) is 17.2. The third-order valence-corrected chi connectivity index (χ3v) is 4.64. The van der Waals surface area contributed by atoms with Gasteiger partial charge in [0.1, 0.15) is 0 Å². The molecule has 25 heavy (non-hydrogen) atoms. The second kappa shape index (κ2) is 6.72. The van der Waals surface area contributed by atoms with Crippen LogP contribution in [0.15, 0.2) is 36.4 Å². The van der Waals surface area contributed by atoms with Gasteiger partial charge in [0.15, 0.2) is 5.54 Å². The Balaban J connectivity index is 1.92. The number of hydrogen-bond acceptors (Lipinski definition) is 4. The Morgan fingerprint density at radius 2 is 1.96 bits per heavy atom. The molecule has 2 aromatic rings. The maximum Gasteiger partial charge on any atom is 0.334 e. The van der Waals surface area contributed by atoms with E-state index in [1.165, 1.54) is 7.11 Å². The molecule has 0 saturated carbocycles. The van der Waals surface area contributed by atoms with Crippen molar-refractivity contribution in [3.05, 3.63) is 53.3 Å². The number of esters is 1. The summed E-state index contributed by atoms with van der Waals surface area (Å²) in [5.41, 5.74) is 2.19. The lowest BCUT2D eigenvalue weighted by atomic mass is 9.98. The summed E-state index contributed by atoms with van der Waals surface area (Å²) in [6.45, 7) is 4.39. The summed E-state index contributed by atoms with van der Waals surface area (Å²) in [7, 11) is 1.32. The smallest absolute Gasteiger partial charge is 0.334 e. The van der Waals surface area contributed by atoms with Gasteiger partial charge in [-0.2, -0.15) is 0 Å². The summed E-state index contributed by atoms with van der Waals surface area (Å²) in [5.74, 6) is -0.776. The second-order valence-electron chi connectivity index (χ2n) is 6.29. The normalized spacial score (nSPS) is 19.6. The van der Waals surface area contributed by atoms with Crippen molar-refractivity contribution in [3.63, 3.8) is 0 Å². The quantitative estimate of drug-likeness (QED) is 0.865. The zero-order valence-electron chi connectivity index (χ0n) is 14.7. The molecule has 0 radical (unpaired) electrons. The molecule has 0 spiro atoms. The van der Waals surface area contributed by atoms with E-state index in [1.54, 1.807) is 0 Å². The van der Waals surface area contributed by atoms with Gasteiger partial charge in [0.05, 0.1) is 19.3 Å². The van der Waals surface area contributed by atoms with Crippen molar-refractivity contribution in [1.29, 1.82) is 0 Å². The first-order valence-electron chi connectivity index (χ1n) is 8.21. The molecule has 0 bridgehead atoms. The second-order valence-corrected chi connectivity index (χ2v) is 6.29. The maximum absolute atomic E-state index is 12.9. The van der Waals surface area contributed by atoms with Gasteiger partial charge in [-0.05, 0) is 32.0 Å². The first-order chi connectivity index (χ1) is 12.0. The van der Waals surface area contributed by atoms with E-state index >= 15 is 0 Å². The molecule has 2 heterocycles. The van der Waals surface area contributed by atoms with Gasteiger partial charge in [-0.3, -0.25) is 4.79 Å². The molecule has 1 atom stereocenters. The summed E-state index contributed by atoms with van der Waals surface area (Å²) >= 11 is 0. The van der Waals surface area contributed by atoms with Gasteiger partial charge in [-0.25, -0.2) is 4.79 Å². The Morgan fingerprint density at radius 3 is 2.56 bits per heavy atom. The van der Waals surface area contributed by atoms with E-state index in [9.17, 15) is 9.59 Å². The van der Waals surface area contributed by atoms with E-state index in [1.807, 2.05) is 54.8 Å². The SMILES string of the molecule is COC(=O)C1(NC(=O)c2cc(C)n(-c3ccccc3)c2C)CCOC1. The number of para-hydroxylation sites is 1. The van der Waals surface area contributed by atoms with Crippen molar-refractivity contribution < 1.29 is 19.1 Å². The zero-order valence-corrected chi connectivity index (χ0v) is 14.7. The Bertz CT molecular complexity index is 789. The van der Waals surface area contributed by atoms with E-state index in [0.29, 0.717) is 18.6 Å². The van der Waals surface area contributed by atoms with Crippen molar-refractivity contribution in [2.75, 3.05) is 20.3 Å². The lowest BCUT2D eigenvalue weighted by molar-refractivity contribution is -0.148. The number of carbonyl (C=O) groups is 2. The summed E-state index contributed by atoms with van der Waals surface area (Å²) in [6.07, 6.45) is 0.406. The predicted octanol–water partition coefficient (Wildman–Crippen LogP) is 2.16. The van der Waals surface area contributed by atoms with Crippen molar-refractivity contribution >= 4 is 11.9 Å². The van der Waals surface area contributed by atoms with Crippen LogP contribution in [0, 0.1) is 13.8 Å². The van der Waals surface area contributed by atoms with Gasteiger partial charge in [0.25, 0.3) is 5.91 Å². The third-order valence-electron chi connectivity index (χ3n) is 4.64. The van der Waals surface area contributed by atoms with Crippen LogP contribution in [0.4, 0.5) is 0 Å². The monoisotopic (exact) mass is 342 g/mol. The van der Waals surface area contributed by atoms with Crippen LogP contribution in [0.25, 0.3) is 5.69 Å². The molecule has 1 unspecified atom stereocenters. The van der Waals surface area contributed by atoms with Crippen LogP contribution in [0.2, 0.25) is 0 Å². The molecule has 1 aromatic heterocycles. The maximum atomic E-state index is 12.9. The van der Waals surface area contributed by atoms with E-state index in [0.717, 1.165) is 17.1 Å². The fourth-order valence-corrected chi connectivity index (χ4v) is 3.32. The molecule has 1 saturated heterocycles. The molecule has 6 nitrogen and oxygen atoms in total. The van der Waals surface area contributed by atoms with Gasteiger partial charge in [0.2, 0.25) is 0 Å². The van der Waals surface area contributed by atoms with Crippen LogP contribution >= 0.6 is 0 Å². The number of amides is 1. The number of nitrogens with one attached hydrogen (secondary N) is 1. The zero-order chi connectivity index (χ0) is 18.0. The van der Waals surface area contributed by atoms with Crippen molar-refractivity contribution in [1.82, 2.24) is 9.88 Å². The lowest BCUT2D eigenvalue weighted by Crippen LogP contribution is -2.55. The molecular formula is C19H22N2O4. The standard InChI is InChI=1S/C19H22N2O4/c1-13-11-16(14(2)21(13)15-7-5-4-6-8-15)17(22)20-19(18(23)24-3)9-10-25-12-19/h4-8,11H,9-10,12H2,1-3H3,(H,20,22). The number of hydrogen-bond donors (Lipinski definition) is 1. The molecule has 132 valence electrons. The van der Waals surface area contributed by atoms with E-state index in [-0.39, 0.29) is 12.5 Å². The summed E-state index contributed by atoms with van der Waals surface area (Å²) in [6, 6.07) is 11.7. The summed E-state index contributed by atoms with van der Waals surface area (Å²) in [5, 5.41) is 2.84. The Morgan fingerprint density at radius 1 is 1.24 bits per heavy atom. The first-order valence-corrected chi connectivity index (χ1v) is 8.21. The molecule has 1 N–H and O–H groups in total. The topological polar surface area (TPSA) is 69.6 Å². The number of methoxy groups -OCH3 is 1. The van der Waals surface area contributed by atoms with Crippen LogP contribution in [-0.2, 0) is 14.3 Å². The minimum Gasteiger partial charge on any atom is -0.467 e. The van der Waals surface area contributed by atoms with Crippen molar-refractivity contribution in [2.24, 2.45) is 0 Å². The number of benzene rings is 1. The molecule has 0 aliphatic carbocycles. The van der Waals surface area contributed by atoms with Gasteiger partial charge in [0, 0.05) is 30.1 Å². The molecular weight excluding hydrogens is 320 g/mol. The number of ether oxygens (including phenoxy) is 2. The highest BCUT2D eigenvalue weighted by atomic mass is 16.5. The Kier molecular flexibility index (Phi) is 4.63. The predicted molar refractivity (Wildman–Crippen MR) is 92.9 cm³/mol. The Hall–Kier alpha value is -2.60.